The van der Waals surface area contributed by atoms with Gasteiger partial charge in [0.1, 0.15) is 24.7 Å². The Morgan fingerprint density at radius 2 is 1.90 bits per heavy atom. The number of carbonyl (C=O) groups excluding carboxylic acids is 1. The lowest BCUT2D eigenvalue weighted by Gasteiger charge is -2.15. The van der Waals surface area contributed by atoms with Gasteiger partial charge < -0.3 is 19.5 Å². The Morgan fingerprint density at radius 3 is 2.69 bits per heavy atom. The van der Waals surface area contributed by atoms with E-state index in [0.29, 0.717) is 41.0 Å². The zero-order valence-electron chi connectivity index (χ0n) is 15.9. The van der Waals surface area contributed by atoms with Crippen molar-refractivity contribution >= 4 is 23.2 Å². The molecule has 0 bridgehead atoms. The van der Waals surface area contributed by atoms with E-state index in [9.17, 15) is 4.79 Å². The maximum Gasteiger partial charge on any atom is 0.259 e. The lowest BCUT2D eigenvalue weighted by Crippen LogP contribution is -2.14. The van der Waals surface area contributed by atoms with E-state index in [2.05, 4.69) is 10.3 Å². The third-order valence-corrected chi connectivity index (χ3v) is 4.24. The fourth-order valence-corrected chi connectivity index (χ4v) is 2.80. The molecule has 0 fully saturated rings. The number of anilines is 1. The Labute approximate surface area is 174 Å². The summed E-state index contributed by atoms with van der Waals surface area (Å²) in [5.74, 6) is 0.830. The quantitative estimate of drug-likeness (QED) is 0.520. The first-order valence-corrected chi connectivity index (χ1v) is 9.38. The van der Waals surface area contributed by atoms with Crippen molar-refractivity contribution in [2.24, 2.45) is 0 Å². The van der Waals surface area contributed by atoms with E-state index in [1.807, 2.05) is 6.07 Å². The Morgan fingerprint density at radius 1 is 1.03 bits per heavy atom. The molecule has 0 unspecified atom stereocenters. The molecular formula is C22H21ClN2O4. The lowest BCUT2D eigenvalue weighted by atomic mass is 10.1. The number of rotatable bonds is 9. The first-order chi connectivity index (χ1) is 14.2. The predicted octanol–water partition coefficient (Wildman–Crippen LogP) is 4.59. The van der Waals surface area contributed by atoms with Crippen LogP contribution in [0.2, 0.25) is 5.02 Å². The van der Waals surface area contributed by atoms with Crippen LogP contribution in [-0.2, 0) is 11.3 Å². The van der Waals surface area contributed by atoms with Gasteiger partial charge in [-0.1, -0.05) is 23.7 Å². The summed E-state index contributed by atoms with van der Waals surface area (Å²) in [4.78, 5) is 16.7. The molecule has 0 atom stereocenters. The number of nitrogens with one attached hydrogen (secondary N) is 1. The highest BCUT2D eigenvalue weighted by molar-refractivity contribution is 6.30. The average Bonchev–Trinajstić information content (AvgIpc) is 2.74. The van der Waals surface area contributed by atoms with Gasteiger partial charge in [0.25, 0.3) is 5.91 Å². The fraction of sp³-hybridized carbons (Fsp3) is 0.182. The van der Waals surface area contributed by atoms with Crippen LogP contribution in [0.1, 0.15) is 15.9 Å². The van der Waals surface area contributed by atoms with E-state index in [4.69, 9.17) is 25.8 Å². The van der Waals surface area contributed by atoms with Crippen molar-refractivity contribution in [2.45, 2.75) is 6.61 Å². The number of hydrogen-bond acceptors (Lipinski definition) is 5. The van der Waals surface area contributed by atoms with Crippen LogP contribution in [0.15, 0.2) is 67.0 Å². The maximum absolute atomic E-state index is 12.7. The number of carbonyl (C=O) groups is 1. The number of hydrogen-bond donors (Lipinski definition) is 1. The van der Waals surface area contributed by atoms with E-state index in [1.54, 1.807) is 68.0 Å². The minimum absolute atomic E-state index is 0.195. The van der Waals surface area contributed by atoms with E-state index >= 15 is 0 Å². The van der Waals surface area contributed by atoms with Gasteiger partial charge >= 0.3 is 0 Å². The summed E-state index contributed by atoms with van der Waals surface area (Å²) < 4.78 is 16.7. The number of halogens is 1. The zero-order chi connectivity index (χ0) is 20.5. The smallest absolute Gasteiger partial charge is 0.259 e. The van der Waals surface area contributed by atoms with Gasteiger partial charge in [0.05, 0.1) is 24.1 Å². The van der Waals surface area contributed by atoms with E-state index < -0.39 is 0 Å². The molecule has 0 aliphatic rings. The molecule has 1 amide bonds. The van der Waals surface area contributed by atoms with E-state index in [-0.39, 0.29) is 12.5 Å². The van der Waals surface area contributed by atoms with Gasteiger partial charge in [-0.25, -0.2) is 0 Å². The van der Waals surface area contributed by atoms with Crippen LogP contribution in [0.25, 0.3) is 0 Å². The second-order valence-electron chi connectivity index (χ2n) is 6.07. The number of methoxy groups -OCH3 is 1. The van der Waals surface area contributed by atoms with Gasteiger partial charge in [-0.3, -0.25) is 9.78 Å². The van der Waals surface area contributed by atoms with Crippen molar-refractivity contribution in [1.29, 1.82) is 0 Å². The molecule has 29 heavy (non-hydrogen) atoms. The molecule has 3 aromatic rings. The maximum atomic E-state index is 12.7. The molecule has 0 radical (unpaired) electrons. The number of benzene rings is 2. The summed E-state index contributed by atoms with van der Waals surface area (Å²) in [7, 11) is 1.61. The first-order valence-electron chi connectivity index (χ1n) is 9.00. The van der Waals surface area contributed by atoms with Crippen molar-refractivity contribution in [3.63, 3.8) is 0 Å². The van der Waals surface area contributed by atoms with Crippen molar-refractivity contribution in [3.8, 4) is 11.5 Å². The molecule has 150 valence electrons. The standard InChI is InChI=1S/C22H21ClN2O4/c1-27-11-12-28-20-9-8-17(23)13-16(20)15-29-21-7-3-2-6-19(21)22(26)25-18-5-4-10-24-14-18/h2-10,13-14H,11-12,15H2,1H3,(H,25,26). The molecule has 2 aromatic carbocycles. The van der Waals surface area contributed by atoms with Gasteiger partial charge in [0, 0.05) is 23.9 Å². The summed E-state index contributed by atoms with van der Waals surface area (Å²) >= 11 is 6.13. The second-order valence-corrected chi connectivity index (χ2v) is 6.51. The molecule has 0 aliphatic heterocycles. The molecule has 3 rings (SSSR count). The highest BCUT2D eigenvalue weighted by Crippen LogP contribution is 2.26. The number of nitrogens with zero attached hydrogens (tertiary/aromatic N) is 1. The van der Waals surface area contributed by atoms with E-state index in [0.717, 1.165) is 5.56 Å². The molecule has 1 aromatic heterocycles. The Balaban J connectivity index is 1.73. The van der Waals surface area contributed by atoms with Crippen LogP contribution >= 0.6 is 11.6 Å². The van der Waals surface area contributed by atoms with Gasteiger partial charge in [0.15, 0.2) is 0 Å². The highest BCUT2D eigenvalue weighted by atomic mass is 35.5. The van der Waals surface area contributed by atoms with Gasteiger partial charge in [-0.15, -0.1) is 0 Å². The lowest BCUT2D eigenvalue weighted by molar-refractivity contribution is 0.102. The van der Waals surface area contributed by atoms with Gasteiger partial charge in [-0.05, 0) is 42.5 Å². The van der Waals surface area contributed by atoms with Crippen molar-refractivity contribution in [2.75, 3.05) is 25.6 Å². The van der Waals surface area contributed by atoms with Crippen molar-refractivity contribution in [1.82, 2.24) is 4.98 Å². The SMILES string of the molecule is COCCOc1ccc(Cl)cc1COc1ccccc1C(=O)Nc1cccnc1. The third-order valence-electron chi connectivity index (χ3n) is 4.00. The third kappa shape index (κ3) is 5.94. The first kappa shape index (κ1) is 20.6. The Bertz CT molecular complexity index is 951. The average molecular weight is 413 g/mol. The summed E-state index contributed by atoms with van der Waals surface area (Å²) in [6, 6.07) is 15.9. The largest absolute Gasteiger partial charge is 0.491 e. The summed E-state index contributed by atoms with van der Waals surface area (Å²) in [5.41, 5.74) is 1.80. The zero-order valence-corrected chi connectivity index (χ0v) is 16.7. The number of para-hydroxylation sites is 1. The van der Waals surface area contributed by atoms with Gasteiger partial charge in [-0.2, -0.15) is 0 Å². The summed E-state index contributed by atoms with van der Waals surface area (Å²) in [6.45, 7) is 1.08. The number of aromatic nitrogens is 1. The molecular weight excluding hydrogens is 392 g/mol. The molecule has 6 nitrogen and oxygen atoms in total. The number of ether oxygens (including phenoxy) is 3. The minimum Gasteiger partial charge on any atom is -0.491 e. The molecule has 7 heteroatoms. The Hall–Kier alpha value is -3.09. The summed E-state index contributed by atoms with van der Waals surface area (Å²) in [5, 5.41) is 3.38. The van der Waals surface area contributed by atoms with Crippen LogP contribution in [0, 0.1) is 0 Å². The minimum atomic E-state index is -0.281. The van der Waals surface area contributed by atoms with Crippen LogP contribution in [0.3, 0.4) is 0 Å². The fourth-order valence-electron chi connectivity index (χ4n) is 2.61. The van der Waals surface area contributed by atoms with Crippen LogP contribution in [0.5, 0.6) is 11.5 Å². The molecule has 0 saturated carbocycles. The van der Waals surface area contributed by atoms with E-state index in [1.165, 1.54) is 0 Å². The van der Waals surface area contributed by atoms with Crippen LogP contribution in [0.4, 0.5) is 5.69 Å². The molecule has 0 spiro atoms. The number of pyridine rings is 1. The molecule has 1 N–H and O–H groups in total. The summed E-state index contributed by atoms with van der Waals surface area (Å²) in [6.07, 6.45) is 3.22. The van der Waals surface area contributed by atoms with Crippen molar-refractivity contribution < 1.29 is 19.0 Å². The predicted molar refractivity (Wildman–Crippen MR) is 112 cm³/mol. The Kier molecular flexibility index (Phi) is 7.44. The molecule has 1 heterocycles. The number of amides is 1. The van der Waals surface area contributed by atoms with Crippen LogP contribution < -0.4 is 14.8 Å². The van der Waals surface area contributed by atoms with Crippen molar-refractivity contribution in [3.05, 3.63) is 83.1 Å². The normalized spacial score (nSPS) is 10.4. The van der Waals surface area contributed by atoms with Gasteiger partial charge in [0.2, 0.25) is 0 Å². The highest BCUT2D eigenvalue weighted by Gasteiger charge is 2.14. The molecule has 0 aliphatic carbocycles. The monoisotopic (exact) mass is 412 g/mol. The topological polar surface area (TPSA) is 69.7 Å². The second kappa shape index (κ2) is 10.5. The van der Waals surface area contributed by atoms with Crippen LogP contribution in [-0.4, -0.2) is 31.2 Å². The molecule has 0 saturated heterocycles.